The molecule has 0 radical (unpaired) electrons. The highest BCUT2D eigenvalue weighted by Crippen LogP contribution is 2.24. The number of hydrogen-bond donors (Lipinski definition) is 0. The summed E-state index contributed by atoms with van der Waals surface area (Å²) in [5.74, 6) is 1.41. The van der Waals surface area contributed by atoms with Crippen molar-refractivity contribution in [3.63, 3.8) is 0 Å². The van der Waals surface area contributed by atoms with E-state index in [-0.39, 0.29) is 5.78 Å². The molecule has 0 saturated carbocycles. The Morgan fingerprint density at radius 2 is 1.87 bits per heavy atom. The average Bonchev–Trinajstić information content (AvgIpc) is 3.49. The van der Waals surface area contributed by atoms with Gasteiger partial charge in [-0.3, -0.25) is 4.79 Å². The van der Waals surface area contributed by atoms with E-state index in [1.54, 1.807) is 11.3 Å². The van der Waals surface area contributed by atoms with Crippen molar-refractivity contribution in [3.05, 3.63) is 87.1 Å². The summed E-state index contributed by atoms with van der Waals surface area (Å²) in [4.78, 5) is 14.3. The summed E-state index contributed by atoms with van der Waals surface area (Å²) in [5.41, 5.74) is 4.14. The predicted octanol–water partition coefficient (Wildman–Crippen LogP) is 5.39. The van der Waals surface area contributed by atoms with Gasteiger partial charge in [0.1, 0.15) is 5.82 Å². The molecule has 0 fully saturated rings. The highest BCUT2D eigenvalue weighted by molar-refractivity contribution is 7.99. The van der Waals surface area contributed by atoms with Crippen molar-refractivity contribution in [2.75, 3.05) is 5.75 Å². The number of thioether (sulfide) groups is 1. The number of thiophene rings is 1. The van der Waals surface area contributed by atoms with Crippen LogP contribution in [-0.2, 0) is 19.5 Å². The van der Waals surface area contributed by atoms with E-state index in [0.29, 0.717) is 5.75 Å². The van der Waals surface area contributed by atoms with Gasteiger partial charge in [-0.25, -0.2) is 0 Å². The molecule has 3 aromatic heterocycles. The van der Waals surface area contributed by atoms with Crippen molar-refractivity contribution >= 4 is 28.9 Å². The van der Waals surface area contributed by atoms with E-state index in [1.807, 2.05) is 31.2 Å². The number of hydrogen-bond acceptors (Lipinski definition) is 5. The first-order valence-corrected chi connectivity index (χ1v) is 12.2. The molecule has 0 aliphatic heterocycles. The van der Waals surface area contributed by atoms with Gasteiger partial charge in [0, 0.05) is 34.8 Å². The van der Waals surface area contributed by atoms with Crippen molar-refractivity contribution in [1.29, 1.82) is 0 Å². The zero-order valence-corrected chi connectivity index (χ0v) is 19.7. The first-order valence-electron chi connectivity index (χ1n) is 10.4. The van der Waals surface area contributed by atoms with E-state index >= 15 is 0 Å². The molecule has 0 unspecified atom stereocenters. The number of carbonyl (C=O) groups excluding carboxylic acids is 1. The van der Waals surface area contributed by atoms with Crippen LogP contribution >= 0.6 is 23.1 Å². The maximum absolute atomic E-state index is 13.0. The third-order valence-electron chi connectivity index (χ3n) is 5.42. The topological polar surface area (TPSA) is 52.7 Å². The van der Waals surface area contributed by atoms with Gasteiger partial charge in [0.2, 0.25) is 0 Å². The summed E-state index contributed by atoms with van der Waals surface area (Å²) in [5, 5.41) is 11.6. The van der Waals surface area contributed by atoms with Gasteiger partial charge >= 0.3 is 0 Å². The van der Waals surface area contributed by atoms with Gasteiger partial charge in [0.25, 0.3) is 0 Å². The Balaban J connectivity index is 1.45. The van der Waals surface area contributed by atoms with E-state index in [9.17, 15) is 4.79 Å². The number of aryl methyl sites for hydroxylation is 1. The maximum atomic E-state index is 13.0. The molecule has 3 heterocycles. The molecule has 0 aliphatic carbocycles. The Morgan fingerprint density at radius 1 is 1.06 bits per heavy atom. The van der Waals surface area contributed by atoms with Crippen molar-refractivity contribution in [1.82, 2.24) is 19.3 Å². The predicted molar refractivity (Wildman–Crippen MR) is 127 cm³/mol. The van der Waals surface area contributed by atoms with E-state index < -0.39 is 0 Å². The summed E-state index contributed by atoms with van der Waals surface area (Å²) < 4.78 is 4.32. The fourth-order valence-electron chi connectivity index (χ4n) is 3.75. The molecule has 4 aromatic rings. The maximum Gasteiger partial charge on any atom is 0.191 e. The number of aromatic nitrogens is 4. The quantitative estimate of drug-likeness (QED) is 0.253. The molecule has 0 N–H and O–H groups in total. The highest BCUT2D eigenvalue weighted by Gasteiger charge is 2.18. The highest BCUT2D eigenvalue weighted by atomic mass is 32.2. The number of benzene rings is 1. The van der Waals surface area contributed by atoms with Crippen molar-refractivity contribution in [3.8, 4) is 0 Å². The van der Waals surface area contributed by atoms with Gasteiger partial charge in [0.15, 0.2) is 10.9 Å². The lowest BCUT2D eigenvalue weighted by Gasteiger charge is -2.09. The summed E-state index contributed by atoms with van der Waals surface area (Å²) in [6.07, 6.45) is 0.736. The Morgan fingerprint density at radius 3 is 2.58 bits per heavy atom. The smallest absolute Gasteiger partial charge is 0.191 e. The normalized spacial score (nSPS) is 11.2. The Kier molecular flexibility index (Phi) is 6.73. The van der Waals surface area contributed by atoms with E-state index in [4.69, 9.17) is 0 Å². The van der Waals surface area contributed by atoms with Crippen LogP contribution < -0.4 is 0 Å². The summed E-state index contributed by atoms with van der Waals surface area (Å²) >= 11 is 3.21. The third kappa shape index (κ3) is 4.83. The largest absolute Gasteiger partial charge is 0.343 e. The summed E-state index contributed by atoms with van der Waals surface area (Å²) in [6.45, 7) is 7.77. The molecule has 0 atom stereocenters. The molecule has 7 heteroatoms. The lowest BCUT2D eigenvalue weighted by Crippen LogP contribution is -2.08. The van der Waals surface area contributed by atoms with Gasteiger partial charge in [-0.1, -0.05) is 48.2 Å². The van der Waals surface area contributed by atoms with Gasteiger partial charge in [0.05, 0.1) is 12.3 Å². The van der Waals surface area contributed by atoms with Gasteiger partial charge in [-0.2, -0.15) is 0 Å². The molecule has 0 aliphatic rings. The first-order chi connectivity index (χ1) is 15.1. The molecule has 1 aromatic carbocycles. The zero-order chi connectivity index (χ0) is 21.8. The lowest BCUT2D eigenvalue weighted by molar-refractivity contribution is 0.102. The van der Waals surface area contributed by atoms with E-state index in [0.717, 1.165) is 47.4 Å². The van der Waals surface area contributed by atoms with Crippen molar-refractivity contribution < 1.29 is 4.79 Å². The molecule has 0 spiro atoms. The molecule has 0 saturated heterocycles. The summed E-state index contributed by atoms with van der Waals surface area (Å²) in [6, 6.07) is 16.5. The minimum absolute atomic E-state index is 0.130. The molecule has 160 valence electrons. The van der Waals surface area contributed by atoms with Gasteiger partial charge in [-0.15, -0.1) is 21.5 Å². The Labute approximate surface area is 191 Å². The minimum atomic E-state index is 0.130. The van der Waals surface area contributed by atoms with Gasteiger partial charge in [-0.05, 0) is 43.8 Å². The number of ketones is 1. The Hall–Kier alpha value is -2.64. The second-order valence-corrected chi connectivity index (χ2v) is 9.44. The monoisotopic (exact) mass is 450 g/mol. The van der Waals surface area contributed by atoms with Crippen LogP contribution in [0.4, 0.5) is 0 Å². The lowest BCUT2D eigenvalue weighted by atomic mass is 10.1. The molecule has 4 rings (SSSR count). The van der Waals surface area contributed by atoms with Crippen molar-refractivity contribution in [2.45, 2.75) is 45.4 Å². The fourth-order valence-corrected chi connectivity index (χ4v) is 5.34. The fraction of sp³-hybridized carbons (Fsp3) is 0.292. The van der Waals surface area contributed by atoms with Crippen LogP contribution in [0.1, 0.15) is 44.9 Å². The number of rotatable bonds is 9. The van der Waals surface area contributed by atoms with E-state index in [2.05, 4.69) is 62.8 Å². The van der Waals surface area contributed by atoms with Crippen LogP contribution in [0, 0.1) is 13.8 Å². The van der Waals surface area contributed by atoms with Crippen molar-refractivity contribution in [2.24, 2.45) is 0 Å². The second-order valence-electron chi connectivity index (χ2n) is 7.47. The molecule has 5 nitrogen and oxygen atoms in total. The van der Waals surface area contributed by atoms with Crippen LogP contribution in [-0.4, -0.2) is 30.9 Å². The van der Waals surface area contributed by atoms with E-state index in [1.165, 1.54) is 22.2 Å². The second kappa shape index (κ2) is 9.66. The summed E-state index contributed by atoms with van der Waals surface area (Å²) in [7, 11) is 0. The van der Waals surface area contributed by atoms with Crippen LogP contribution in [0.15, 0.2) is 59.1 Å². The molecule has 31 heavy (non-hydrogen) atoms. The van der Waals surface area contributed by atoms with Crippen LogP contribution in [0.25, 0.3) is 0 Å². The third-order valence-corrected chi connectivity index (χ3v) is 7.24. The molecule has 0 amide bonds. The number of nitrogens with zero attached hydrogens (tertiary/aromatic N) is 4. The SMILES string of the molecule is CCn1c(Cc2ccccc2)nnc1SCC(=O)c1cc(C)n(Cc2cccs2)c1C. The molecular formula is C24H26N4OS2. The van der Waals surface area contributed by atoms with Crippen LogP contribution in [0.5, 0.6) is 0 Å². The standard InChI is InChI=1S/C24H26N4OS2/c1-4-27-23(14-19-9-6-5-7-10-19)25-26-24(27)31-16-22(29)21-13-17(2)28(18(21)3)15-20-11-8-12-30-20/h5-13H,4,14-16H2,1-3H3. The first kappa shape index (κ1) is 21.6. The molecular weight excluding hydrogens is 424 g/mol. The number of Topliss-reactive ketones (excluding diaryl/α,β-unsaturated/α-hetero) is 1. The van der Waals surface area contributed by atoms with Crippen LogP contribution in [0.2, 0.25) is 0 Å². The van der Waals surface area contributed by atoms with Gasteiger partial charge < -0.3 is 9.13 Å². The Bertz CT molecular complexity index is 1160. The average molecular weight is 451 g/mol. The molecule has 0 bridgehead atoms. The van der Waals surface area contributed by atoms with Crippen LogP contribution in [0.3, 0.4) is 0 Å². The zero-order valence-electron chi connectivity index (χ0n) is 18.0. The number of carbonyl (C=O) groups is 1. The minimum Gasteiger partial charge on any atom is -0.343 e.